The van der Waals surface area contributed by atoms with E-state index < -0.39 is 0 Å². The van der Waals surface area contributed by atoms with E-state index in [0.717, 1.165) is 12.1 Å². The van der Waals surface area contributed by atoms with Crippen molar-refractivity contribution in [1.82, 2.24) is 14.9 Å². The van der Waals surface area contributed by atoms with E-state index >= 15 is 0 Å². The van der Waals surface area contributed by atoms with Crippen molar-refractivity contribution >= 4 is 29.1 Å². The Kier molecular flexibility index (Phi) is 4.11. The van der Waals surface area contributed by atoms with Crippen LogP contribution in [0, 0.1) is 0 Å². The third kappa shape index (κ3) is 3.79. The number of amides is 1. The monoisotopic (exact) mass is 299 g/mol. The minimum atomic E-state index is -0.0298. The van der Waals surface area contributed by atoms with Crippen LogP contribution in [0.1, 0.15) is 11.1 Å². The molecule has 0 aliphatic carbocycles. The molecule has 3 rings (SSSR count). The summed E-state index contributed by atoms with van der Waals surface area (Å²) in [5.41, 5.74) is 2.15. The Morgan fingerprint density at radius 2 is 2.24 bits per heavy atom. The lowest BCUT2D eigenvalue weighted by Crippen LogP contribution is -2.19. The maximum absolute atomic E-state index is 11.0. The first-order chi connectivity index (χ1) is 10.3. The number of carbonyl (C=O) groups is 1. The molecule has 0 unspecified atom stereocenters. The fourth-order valence-corrected chi connectivity index (χ4v) is 2.46. The van der Waals surface area contributed by atoms with Gasteiger partial charge in [-0.25, -0.2) is 4.98 Å². The van der Waals surface area contributed by atoms with Gasteiger partial charge in [0, 0.05) is 18.9 Å². The summed E-state index contributed by atoms with van der Waals surface area (Å²) in [5, 5.41) is 11.1. The standard InChI is InChI=1S/C14H13N5OS/c20-13-9-21-14(17-13)18-16-7-11-1-3-12(4-2-11)8-19-6-5-15-10-19/h1-7,10H,8-9H2,(H,17,18,20). The Hall–Kier alpha value is -2.41. The van der Waals surface area contributed by atoms with Crippen LogP contribution in [0.5, 0.6) is 0 Å². The molecular weight excluding hydrogens is 286 g/mol. The van der Waals surface area contributed by atoms with Gasteiger partial charge in [0.15, 0.2) is 5.17 Å². The van der Waals surface area contributed by atoms with E-state index in [4.69, 9.17) is 0 Å². The highest BCUT2D eigenvalue weighted by Gasteiger charge is 2.15. The second kappa shape index (κ2) is 6.36. The predicted octanol–water partition coefficient (Wildman–Crippen LogP) is 1.48. The van der Waals surface area contributed by atoms with Crippen LogP contribution in [0.3, 0.4) is 0 Å². The topological polar surface area (TPSA) is 71.6 Å². The highest BCUT2D eigenvalue weighted by atomic mass is 32.2. The molecule has 1 fully saturated rings. The number of nitrogens with one attached hydrogen (secondary N) is 1. The maximum Gasteiger partial charge on any atom is 0.236 e. The minimum Gasteiger partial charge on any atom is -0.333 e. The zero-order valence-electron chi connectivity index (χ0n) is 11.1. The second-order valence-electron chi connectivity index (χ2n) is 4.46. The van der Waals surface area contributed by atoms with E-state index in [1.807, 2.05) is 35.0 Å². The largest absolute Gasteiger partial charge is 0.333 e. The summed E-state index contributed by atoms with van der Waals surface area (Å²) in [6.07, 6.45) is 7.15. The van der Waals surface area contributed by atoms with Crippen molar-refractivity contribution in [1.29, 1.82) is 0 Å². The lowest BCUT2D eigenvalue weighted by Gasteiger charge is -2.02. The molecule has 21 heavy (non-hydrogen) atoms. The molecule has 1 aromatic carbocycles. The van der Waals surface area contributed by atoms with E-state index in [1.165, 1.54) is 17.3 Å². The second-order valence-corrected chi connectivity index (χ2v) is 5.43. The summed E-state index contributed by atoms with van der Waals surface area (Å²) in [4.78, 5) is 15.0. The molecule has 1 N–H and O–H groups in total. The molecule has 1 saturated heterocycles. The summed E-state index contributed by atoms with van der Waals surface area (Å²) >= 11 is 1.36. The zero-order valence-corrected chi connectivity index (χ0v) is 12.0. The molecule has 0 spiro atoms. The molecular formula is C14H13N5OS. The lowest BCUT2D eigenvalue weighted by molar-refractivity contribution is -0.116. The number of benzene rings is 1. The van der Waals surface area contributed by atoms with Gasteiger partial charge in [0.2, 0.25) is 5.91 Å². The number of nitrogens with zero attached hydrogens (tertiary/aromatic N) is 4. The number of rotatable bonds is 4. The predicted molar refractivity (Wildman–Crippen MR) is 83.4 cm³/mol. The molecule has 0 radical (unpaired) electrons. The molecule has 1 aliphatic rings. The number of thioether (sulfide) groups is 1. The number of hydrogen-bond acceptors (Lipinski definition) is 5. The smallest absolute Gasteiger partial charge is 0.236 e. The Morgan fingerprint density at radius 3 is 2.90 bits per heavy atom. The number of amidine groups is 1. The third-order valence-corrected chi connectivity index (χ3v) is 3.71. The van der Waals surface area contributed by atoms with Crippen LogP contribution >= 0.6 is 11.8 Å². The summed E-state index contributed by atoms with van der Waals surface area (Å²) in [6.45, 7) is 0.794. The number of carbonyl (C=O) groups excluding carboxylic acids is 1. The molecule has 0 atom stereocenters. The first-order valence-electron chi connectivity index (χ1n) is 6.38. The average Bonchev–Trinajstić information content (AvgIpc) is 3.13. The minimum absolute atomic E-state index is 0.0298. The molecule has 6 nitrogen and oxygen atoms in total. The molecule has 0 bridgehead atoms. The normalized spacial score (nSPS) is 16.8. The van der Waals surface area contributed by atoms with Gasteiger partial charge >= 0.3 is 0 Å². The molecule has 2 heterocycles. The fourth-order valence-electron chi connectivity index (χ4n) is 1.83. The molecule has 1 aliphatic heterocycles. The SMILES string of the molecule is O=C1CSC(=NN=Cc2ccc(Cn3ccnc3)cc2)N1. The maximum atomic E-state index is 11.0. The summed E-state index contributed by atoms with van der Waals surface area (Å²) in [7, 11) is 0. The molecule has 1 aromatic heterocycles. The molecule has 106 valence electrons. The van der Waals surface area contributed by atoms with Crippen molar-refractivity contribution in [2.24, 2.45) is 10.2 Å². The van der Waals surface area contributed by atoms with E-state index in [0.29, 0.717) is 10.9 Å². The Bertz CT molecular complexity index is 676. The first-order valence-corrected chi connectivity index (χ1v) is 7.36. The van der Waals surface area contributed by atoms with Crippen LogP contribution in [0.4, 0.5) is 0 Å². The van der Waals surface area contributed by atoms with Crippen molar-refractivity contribution in [3.8, 4) is 0 Å². The molecule has 1 amide bonds. The number of hydrogen-bond donors (Lipinski definition) is 1. The third-order valence-electron chi connectivity index (χ3n) is 2.85. The first kappa shape index (κ1) is 13.6. The van der Waals surface area contributed by atoms with Gasteiger partial charge in [-0.05, 0) is 11.1 Å². The Labute approximate surface area is 126 Å². The van der Waals surface area contributed by atoms with Gasteiger partial charge in [-0.1, -0.05) is 36.0 Å². The van der Waals surface area contributed by atoms with Gasteiger partial charge in [-0.3, -0.25) is 4.79 Å². The summed E-state index contributed by atoms with van der Waals surface area (Å²) in [5.74, 6) is 0.384. The van der Waals surface area contributed by atoms with Crippen LogP contribution in [0.15, 0.2) is 53.2 Å². The summed E-state index contributed by atoms with van der Waals surface area (Å²) in [6, 6.07) is 8.05. The molecule has 7 heteroatoms. The van der Waals surface area contributed by atoms with E-state index in [-0.39, 0.29) is 5.91 Å². The van der Waals surface area contributed by atoms with Gasteiger partial charge in [-0.15, -0.1) is 5.10 Å². The van der Waals surface area contributed by atoms with Crippen LogP contribution < -0.4 is 5.32 Å². The average molecular weight is 299 g/mol. The van der Waals surface area contributed by atoms with Crippen molar-refractivity contribution in [3.05, 3.63) is 54.1 Å². The van der Waals surface area contributed by atoms with Crippen molar-refractivity contribution in [3.63, 3.8) is 0 Å². The highest BCUT2D eigenvalue weighted by molar-refractivity contribution is 8.15. The number of aromatic nitrogens is 2. The lowest BCUT2D eigenvalue weighted by atomic mass is 10.1. The molecule has 2 aromatic rings. The van der Waals surface area contributed by atoms with Gasteiger partial charge in [0.1, 0.15) is 0 Å². The van der Waals surface area contributed by atoms with Crippen LogP contribution in [0.2, 0.25) is 0 Å². The Balaban J connectivity index is 1.60. The Morgan fingerprint density at radius 1 is 1.38 bits per heavy atom. The van der Waals surface area contributed by atoms with Crippen molar-refractivity contribution < 1.29 is 4.79 Å². The van der Waals surface area contributed by atoms with Gasteiger partial charge in [-0.2, -0.15) is 5.10 Å². The van der Waals surface area contributed by atoms with Crippen molar-refractivity contribution in [2.45, 2.75) is 6.54 Å². The van der Waals surface area contributed by atoms with Gasteiger partial charge in [0.25, 0.3) is 0 Å². The van der Waals surface area contributed by atoms with Crippen LogP contribution in [-0.2, 0) is 11.3 Å². The van der Waals surface area contributed by atoms with Crippen LogP contribution in [0.25, 0.3) is 0 Å². The van der Waals surface area contributed by atoms with Crippen LogP contribution in [-0.4, -0.2) is 32.6 Å². The quantitative estimate of drug-likeness (QED) is 0.686. The zero-order chi connectivity index (χ0) is 14.5. The molecule has 0 saturated carbocycles. The summed E-state index contributed by atoms with van der Waals surface area (Å²) < 4.78 is 2.01. The van der Waals surface area contributed by atoms with Gasteiger partial charge in [0.05, 0.1) is 18.3 Å². The van der Waals surface area contributed by atoms with Gasteiger partial charge < -0.3 is 9.88 Å². The van der Waals surface area contributed by atoms with E-state index in [1.54, 1.807) is 18.7 Å². The van der Waals surface area contributed by atoms with E-state index in [9.17, 15) is 4.79 Å². The van der Waals surface area contributed by atoms with E-state index in [2.05, 4.69) is 20.5 Å². The number of imidazole rings is 1. The highest BCUT2D eigenvalue weighted by Crippen LogP contribution is 2.09. The fraction of sp³-hybridized carbons (Fsp3) is 0.143. The van der Waals surface area contributed by atoms with Crippen molar-refractivity contribution in [2.75, 3.05) is 5.75 Å².